The van der Waals surface area contributed by atoms with E-state index in [1.165, 1.54) is 5.56 Å². The van der Waals surface area contributed by atoms with Gasteiger partial charge >= 0.3 is 0 Å². The van der Waals surface area contributed by atoms with Crippen molar-refractivity contribution >= 4 is 0 Å². The molecule has 2 atom stereocenters. The van der Waals surface area contributed by atoms with Crippen molar-refractivity contribution < 1.29 is 4.74 Å². The molecule has 0 saturated carbocycles. The van der Waals surface area contributed by atoms with Crippen molar-refractivity contribution in [2.45, 2.75) is 25.6 Å². The van der Waals surface area contributed by atoms with E-state index in [1.807, 2.05) is 24.3 Å². The van der Waals surface area contributed by atoms with Crippen LogP contribution >= 0.6 is 0 Å². The molecular weight excluding hydrogens is 284 g/mol. The molecular formula is C20H22N2O. The number of piperidine rings is 1. The van der Waals surface area contributed by atoms with Gasteiger partial charge in [-0.2, -0.15) is 5.26 Å². The summed E-state index contributed by atoms with van der Waals surface area (Å²) in [5, 5.41) is 12.4. The standard InChI is InChI=1S/C20H22N2O/c21-12-17-7-4-8-18(10-17)15-23-20-11-19(13-22-14-20)9-16-5-2-1-3-6-16/h1-8,10,19-20,22H,9,11,13-15H2/t19-,20+/m0/s1. The van der Waals surface area contributed by atoms with Crippen LogP contribution in [0.2, 0.25) is 0 Å². The molecule has 2 aromatic carbocycles. The SMILES string of the molecule is N#Cc1cccc(CO[C@H]2CNC[C@@H](Cc3ccccc3)C2)c1. The molecule has 0 amide bonds. The predicted octanol–water partition coefficient (Wildman–Crippen LogP) is 3.30. The van der Waals surface area contributed by atoms with Gasteiger partial charge < -0.3 is 10.1 Å². The lowest BCUT2D eigenvalue weighted by molar-refractivity contribution is 0.0114. The molecule has 0 aromatic heterocycles. The first-order valence-corrected chi connectivity index (χ1v) is 8.19. The minimum atomic E-state index is 0.239. The largest absolute Gasteiger partial charge is 0.372 e. The molecule has 0 radical (unpaired) electrons. The second kappa shape index (κ2) is 7.92. The third kappa shape index (κ3) is 4.66. The molecule has 3 rings (SSSR count). The Morgan fingerprint density at radius 2 is 1.87 bits per heavy atom. The van der Waals surface area contributed by atoms with Gasteiger partial charge in [0.15, 0.2) is 0 Å². The van der Waals surface area contributed by atoms with Crippen LogP contribution in [0, 0.1) is 17.2 Å². The third-order valence-electron chi connectivity index (χ3n) is 4.31. The summed E-state index contributed by atoms with van der Waals surface area (Å²) in [5.74, 6) is 0.613. The number of hydrogen-bond acceptors (Lipinski definition) is 3. The predicted molar refractivity (Wildman–Crippen MR) is 90.9 cm³/mol. The fraction of sp³-hybridized carbons (Fsp3) is 0.350. The van der Waals surface area contributed by atoms with Crippen LogP contribution in [0.15, 0.2) is 54.6 Å². The maximum absolute atomic E-state index is 8.95. The van der Waals surface area contributed by atoms with Crippen LogP contribution in [-0.4, -0.2) is 19.2 Å². The summed E-state index contributed by atoms with van der Waals surface area (Å²) in [6.45, 7) is 2.53. The monoisotopic (exact) mass is 306 g/mol. The highest BCUT2D eigenvalue weighted by atomic mass is 16.5. The normalized spacial score (nSPS) is 20.8. The number of nitriles is 1. The van der Waals surface area contributed by atoms with E-state index in [2.05, 4.69) is 41.7 Å². The molecule has 2 aromatic rings. The zero-order valence-corrected chi connectivity index (χ0v) is 13.2. The second-order valence-electron chi connectivity index (χ2n) is 6.19. The molecule has 0 spiro atoms. The fourth-order valence-corrected chi connectivity index (χ4v) is 3.16. The number of benzene rings is 2. The summed E-state index contributed by atoms with van der Waals surface area (Å²) < 4.78 is 6.06. The van der Waals surface area contributed by atoms with Gasteiger partial charge in [0.2, 0.25) is 0 Å². The van der Waals surface area contributed by atoms with Gasteiger partial charge in [-0.25, -0.2) is 0 Å². The minimum Gasteiger partial charge on any atom is -0.372 e. The molecule has 0 bridgehead atoms. The van der Waals surface area contributed by atoms with Crippen molar-refractivity contribution in [3.8, 4) is 6.07 Å². The van der Waals surface area contributed by atoms with E-state index in [9.17, 15) is 0 Å². The van der Waals surface area contributed by atoms with Crippen molar-refractivity contribution in [1.82, 2.24) is 5.32 Å². The molecule has 0 aliphatic carbocycles. The van der Waals surface area contributed by atoms with Gasteiger partial charge in [-0.15, -0.1) is 0 Å². The lowest BCUT2D eigenvalue weighted by Gasteiger charge is -2.30. The summed E-state index contributed by atoms with van der Waals surface area (Å²) in [5.41, 5.74) is 3.14. The quantitative estimate of drug-likeness (QED) is 0.922. The Balaban J connectivity index is 1.51. The molecule has 1 aliphatic rings. The van der Waals surface area contributed by atoms with Crippen LogP contribution in [0.25, 0.3) is 0 Å². The number of nitrogens with one attached hydrogen (secondary N) is 1. The molecule has 1 fully saturated rings. The van der Waals surface area contributed by atoms with Gasteiger partial charge in [-0.1, -0.05) is 42.5 Å². The van der Waals surface area contributed by atoms with E-state index in [1.54, 1.807) is 0 Å². The van der Waals surface area contributed by atoms with Gasteiger partial charge in [0.05, 0.1) is 24.3 Å². The van der Waals surface area contributed by atoms with Crippen molar-refractivity contribution in [2.24, 2.45) is 5.92 Å². The second-order valence-corrected chi connectivity index (χ2v) is 6.19. The Morgan fingerprint density at radius 1 is 1.04 bits per heavy atom. The molecule has 1 aliphatic heterocycles. The van der Waals surface area contributed by atoms with Gasteiger partial charge in [0, 0.05) is 6.54 Å². The van der Waals surface area contributed by atoms with Crippen LogP contribution in [-0.2, 0) is 17.8 Å². The van der Waals surface area contributed by atoms with Crippen molar-refractivity contribution in [2.75, 3.05) is 13.1 Å². The molecule has 1 saturated heterocycles. The number of rotatable bonds is 5. The molecule has 118 valence electrons. The van der Waals surface area contributed by atoms with E-state index in [-0.39, 0.29) is 6.10 Å². The summed E-state index contributed by atoms with van der Waals surface area (Å²) in [4.78, 5) is 0. The van der Waals surface area contributed by atoms with Crippen LogP contribution < -0.4 is 5.32 Å². The van der Waals surface area contributed by atoms with Crippen LogP contribution in [0.3, 0.4) is 0 Å². The van der Waals surface area contributed by atoms with E-state index in [0.29, 0.717) is 18.1 Å². The van der Waals surface area contributed by atoms with Crippen LogP contribution in [0.4, 0.5) is 0 Å². The number of ether oxygens (including phenoxy) is 1. The topological polar surface area (TPSA) is 45.0 Å². The maximum Gasteiger partial charge on any atom is 0.0991 e. The summed E-state index contributed by atoms with van der Waals surface area (Å²) in [6.07, 6.45) is 2.42. The van der Waals surface area contributed by atoms with E-state index in [0.717, 1.165) is 31.5 Å². The first-order chi connectivity index (χ1) is 11.3. The lowest BCUT2D eigenvalue weighted by atomic mass is 9.91. The highest BCUT2D eigenvalue weighted by molar-refractivity contribution is 5.32. The van der Waals surface area contributed by atoms with E-state index >= 15 is 0 Å². The smallest absolute Gasteiger partial charge is 0.0991 e. The van der Waals surface area contributed by atoms with E-state index in [4.69, 9.17) is 10.00 Å². The zero-order chi connectivity index (χ0) is 15.9. The van der Waals surface area contributed by atoms with Crippen molar-refractivity contribution in [3.63, 3.8) is 0 Å². The number of hydrogen-bond donors (Lipinski definition) is 1. The molecule has 23 heavy (non-hydrogen) atoms. The zero-order valence-electron chi connectivity index (χ0n) is 13.2. The first-order valence-electron chi connectivity index (χ1n) is 8.19. The average molecular weight is 306 g/mol. The van der Waals surface area contributed by atoms with Crippen LogP contribution in [0.1, 0.15) is 23.1 Å². The molecule has 3 nitrogen and oxygen atoms in total. The van der Waals surface area contributed by atoms with E-state index < -0.39 is 0 Å². The van der Waals surface area contributed by atoms with Gasteiger partial charge in [-0.3, -0.25) is 0 Å². The van der Waals surface area contributed by atoms with Crippen molar-refractivity contribution in [1.29, 1.82) is 5.26 Å². The average Bonchev–Trinajstić information content (AvgIpc) is 2.61. The lowest BCUT2D eigenvalue weighted by Crippen LogP contribution is -2.41. The van der Waals surface area contributed by atoms with Crippen LogP contribution in [0.5, 0.6) is 0 Å². The maximum atomic E-state index is 8.95. The van der Waals surface area contributed by atoms with Gasteiger partial charge in [-0.05, 0) is 48.6 Å². The Kier molecular flexibility index (Phi) is 5.42. The number of nitrogens with zero attached hydrogens (tertiary/aromatic N) is 1. The Labute approximate surface area is 137 Å². The molecule has 3 heteroatoms. The van der Waals surface area contributed by atoms with Crippen molar-refractivity contribution in [3.05, 3.63) is 71.3 Å². The summed E-state index contributed by atoms with van der Waals surface area (Å²) >= 11 is 0. The molecule has 0 unspecified atom stereocenters. The summed E-state index contributed by atoms with van der Waals surface area (Å²) in [7, 11) is 0. The Bertz CT molecular complexity index is 663. The van der Waals surface area contributed by atoms with Gasteiger partial charge in [0.1, 0.15) is 0 Å². The first kappa shape index (κ1) is 15.7. The summed E-state index contributed by atoms with van der Waals surface area (Å²) in [6, 6.07) is 20.5. The highest BCUT2D eigenvalue weighted by Gasteiger charge is 2.22. The third-order valence-corrected chi connectivity index (χ3v) is 4.31. The Morgan fingerprint density at radius 3 is 2.70 bits per heavy atom. The Hall–Kier alpha value is -2.15. The fourth-order valence-electron chi connectivity index (χ4n) is 3.16. The van der Waals surface area contributed by atoms with Gasteiger partial charge in [0.25, 0.3) is 0 Å². The molecule has 1 heterocycles. The highest BCUT2D eigenvalue weighted by Crippen LogP contribution is 2.19. The minimum absolute atomic E-state index is 0.239. The molecule has 1 N–H and O–H groups in total.